The van der Waals surface area contributed by atoms with Gasteiger partial charge in [0.05, 0.1) is 0 Å². The van der Waals surface area contributed by atoms with Gasteiger partial charge in [0.25, 0.3) is 11.8 Å². The third kappa shape index (κ3) is 6.29. The van der Waals surface area contributed by atoms with Crippen LogP contribution in [0.25, 0.3) is 0 Å². The molecule has 1 rings (SSSR count). The molecule has 0 aliphatic rings. The fraction of sp³-hybridized carbons (Fsp3) is 0.444. The van der Waals surface area contributed by atoms with E-state index in [4.69, 9.17) is 5.84 Å². The number of rotatable bonds is 8. The van der Waals surface area contributed by atoms with E-state index in [-0.39, 0.29) is 29.9 Å². The molecule has 0 bridgehead atoms. The van der Waals surface area contributed by atoms with Crippen molar-refractivity contribution in [1.82, 2.24) is 15.9 Å². The minimum Gasteiger partial charge on any atom is -0.290 e. The largest absolute Gasteiger partial charge is 0.290 e. The molecule has 1 aromatic rings. The van der Waals surface area contributed by atoms with Crippen molar-refractivity contribution in [1.29, 1.82) is 0 Å². The zero-order chi connectivity index (χ0) is 19.5. The number of amides is 4. The number of nitrogens with zero attached hydrogens (tertiary/aromatic N) is 1. The molecule has 0 saturated carbocycles. The lowest BCUT2D eigenvalue weighted by Gasteiger charge is -2.21. The minimum absolute atomic E-state index is 0.157. The van der Waals surface area contributed by atoms with Crippen molar-refractivity contribution >= 4 is 23.6 Å². The molecule has 0 fully saturated rings. The summed E-state index contributed by atoms with van der Waals surface area (Å²) in [5.74, 6) is 3.08. The molecule has 0 spiro atoms. The highest BCUT2D eigenvalue weighted by molar-refractivity contribution is 6.06. The Kier molecular flexibility index (Phi) is 9.00. The summed E-state index contributed by atoms with van der Waals surface area (Å²) in [6.45, 7) is 3.88. The van der Waals surface area contributed by atoms with Crippen LogP contribution in [-0.4, -0.2) is 28.6 Å². The highest BCUT2D eigenvalue weighted by atomic mass is 16.2. The van der Waals surface area contributed by atoms with Crippen molar-refractivity contribution < 1.29 is 19.2 Å². The summed E-state index contributed by atoms with van der Waals surface area (Å²) in [6, 6.07) is 5.66. The summed E-state index contributed by atoms with van der Waals surface area (Å²) in [5, 5.41) is 0.770. The van der Waals surface area contributed by atoms with Gasteiger partial charge in [-0.3, -0.25) is 30.0 Å². The van der Waals surface area contributed by atoms with Crippen molar-refractivity contribution in [3.05, 3.63) is 35.4 Å². The second kappa shape index (κ2) is 11.0. The van der Waals surface area contributed by atoms with Crippen molar-refractivity contribution in [2.75, 3.05) is 0 Å². The number of nitrogen functional groups attached to an aromatic ring is 1. The molecule has 0 aromatic heterocycles. The van der Waals surface area contributed by atoms with Gasteiger partial charge in [0.2, 0.25) is 11.8 Å². The van der Waals surface area contributed by atoms with Crippen LogP contribution in [0.4, 0.5) is 0 Å². The average Bonchev–Trinajstić information content (AvgIpc) is 2.67. The molecule has 0 aliphatic heterocycles. The molecule has 0 radical (unpaired) electrons. The van der Waals surface area contributed by atoms with Crippen molar-refractivity contribution in [3.8, 4) is 0 Å². The van der Waals surface area contributed by atoms with Crippen LogP contribution < -0.4 is 16.7 Å². The fourth-order valence-corrected chi connectivity index (χ4v) is 2.16. The Morgan fingerprint density at radius 3 is 2.00 bits per heavy atom. The van der Waals surface area contributed by atoms with E-state index in [1.807, 2.05) is 19.3 Å². The number of hydrogen-bond donors (Lipinski definition) is 3. The number of nitrogens with two attached hydrogens (primary N) is 1. The van der Waals surface area contributed by atoms with Gasteiger partial charge >= 0.3 is 0 Å². The molecule has 0 saturated heterocycles. The van der Waals surface area contributed by atoms with E-state index in [1.165, 1.54) is 24.3 Å². The second-order valence-corrected chi connectivity index (χ2v) is 5.83. The SMILES string of the molecule is CCCCC(=O)NN(C(=O)CCCC)C(=O)c1ccc(C(=O)NN)cc1. The lowest BCUT2D eigenvalue weighted by Crippen LogP contribution is -2.49. The first-order valence-electron chi connectivity index (χ1n) is 8.72. The van der Waals surface area contributed by atoms with Gasteiger partial charge in [0.1, 0.15) is 0 Å². The van der Waals surface area contributed by atoms with E-state index in [2.05, 4.69) is 5.43 Å². The molecule has 8 heteroatoms. The van der Waals surface area contributed by atoms with Crippen LogP contribution >= 0.6 is 0 Å². The number of hydrogen-bond acceptors (Lipinski definition) is 5. The first kappa shape index (κ1) is 21.3. The van der Waals surface area contributed by atoms with Crippen LogP contribution in [0.2, 0.25) is 0 Å². The van der Waals surface area contributed by atoms with E-state index < -0.39 is 17.7 Å². The molecule has 8 nitrogen and oxygen atoms in total. The number of carbonyl (C=O) groups is 4. The number of hydrazine groups is 2. The maximum Gasteiger partial charge on any atom is 0.279 e. The molecule has 0 atom stereocenters. The van der Waals surface area contributed by atoms with E-state index in [9.17, 15) is 19.2 Å². The molecular formula is C18H26N4O4. The Balaban J connectivity index is 2.96. The van der Waals surface area contributed by atoms with Gasteiger partial charge in [-0.1, -0.05) is 26.7 Å². The zero-order valence-corrected chi connectivity index (χ0v) is 15.2. The molecule has 142 valence electrons. The highest BCUT2D eigenvalue weighted by Crippen LogP contribution is 2.10. The maximum absolute atomic E-state index is 12.7. The number of imide groups is 1. The predicted octanol–water partition coefficient (Wildman–Crippen LogP) is 1.67. The average molecular weight is 362 g/mol. The first-order valence-corrected chi connectivity index (χ1v) is 8.72. The molecule has 26 heavy (non-hydrogen) atoms. The van der Waals surface area contributed by atoms with Gasteiger partial charge in [-0.25, -0.2) is 5.84 Å². The summed E-state index contributed by atoms with van der Waals surface area (Å²) in [5.41, 5.74) is 4.86. The molecule has 4 amide bonds. The number of benzene rings is 1. The Morgan fingerprint density at radius 1 is 0.923 bits per heavy atom. The molecule has 0 unspecified atom stereocenters. The predicted molar refractivity (Wildman–Crippen MR) is 96.5 cm³/mol. The van der Waals surface area contributed by atoms with Gasteiger partial charge in [-0.2, -0.15) is 5.01 Å². The van der Waals surface area contributed by atoms with Crippen LogP contribution in [0.1, 0.15) is 73.1 Å². The Labute approximate surface area is 153 Å². The second-order valence-electron chi connectivity index (χ2n) is 5.83. The topological polar surface area (TPSA) is 122 Å². The smallest absolute Gasteiger partial charge is 0.279 e. The number of unbranched alkanes of at least 4 members (excludes halogenated alkanes) is 2. The number of carbonyl (C=O) groups excluding carboxylic acids is 4. The number of nitrogens with one attached hydrogen (secondary N) is 2. The summed E-state index contributed by atoms with van der Waals surface area (Å²) in [6.07, 6.45) is 3.29. The summed E-state index contributed by atoms with van der Waals surface area (Å²) in [7, 11) is 0. The summed E-state index contributed by atoms with van der Waals surface area (Å²) in [4.78, 5) is 48.5. The Hall–Kier alpha value is -2.74. The standard InChI is InChI=1S/C18H26N4O4/c1-3-5-7-15(23)21-22(16(24)8-6-4-2)18(26)14-11-9-13(10-12-14)17(25)20-19/h9-12H,3-8,19H2,1-2H3,(H,20,25)(H,21,23). The van der Waals surface area contributed by atoms with E-state index in [0.717, 1.165) is 17.9 Å². The first-order chi connectivity index (χ1) is 12.4. The molecule has 0 heterocycles. The molecule has 1 aromatic carbocycles. The Morgan fingerprint density at radius 2 is 1.46 bits per heavy atom. The zero-order valence-electron chi connectivity index (χ0n) is 15.2. The van der Waals surface area contributed by atoms with E-state index in [1.54, 1.807) is 0 Å². The minimum atomic E-state index is -0.643. The van der Waals surface area contributed by atoms with Crippen LogP contribution in [0.3, 0.4) is 0 Å². The highest BCUT2D eigenvalue weighted by Gasteiger charge is 2.24. The molecule has 0 aliphatic carbocycles. The Bertz CT molecular complexity index is 643. The third-order valence-corrected chi connectivity index (χ3v) is 3.72. The van der Waals surface area contributed by atoms with Crippen LogP contribution in [0.15, 0.2) is 24.3 Å². The molecule has 4 N–H and O–H groups in total. The maximum atomic E-state index is 12.7. The van der Waals surface area contributed by atoms with Crippen molar-refractivity contribution in [3.63, 3.8) is 0 Å². The normalized spacial score (nSPS) is 10.1. The quantitative estimate of drug-likeness (QED) is 0.369. The van der Waals surface area contributed by atoms with Crippen molar-refractivity contribution in [2.45, 2.75) is 52.4 Å². The lowest BCUT2D eigenvalue weighted by molar-refractivity contribution is -0.138. The third-order valence-electron chi connectivity index (χ3n) is 3.72. The van der Waals surface area contributed by atoms with Crippen molar-refractivity contribution in [2.24, 2.45) is 5.84 Å². The summed E-state index contributed by atoms with van der Waals surface area (Å²) >= 11 is 0. The monoisotopic (exact) mass is 362 g/mol. The van der Waals surface area contributed by atoms with Gasteiger partial charge in [0.15, 0.2) is 0 Å². The van der Waals surface area contributed by atoms with Gasteiger partial charge in [-0.15, -0.1) is 0 Å². The fourth-order valence-electron chi connectivity index (χ4n) is 2.16. The van der Waals surface area contributed by atoms with E-state index >= 15 is 0 Å². The van der Waals surface area contributed by atoms with Gasteiger partial charge in [-0.05, 0) is 37.1 Å². The molecular weight excluding hydrogens is 336 g/mol. The van der Waals surface area contributed by atoms with Crippen LogP contribution in [-0.2, 0) is 9.59 Å². The van der Waals surface area contributed by atoms with Crippen LogP contribution in [0, 0.1) is 0 Å². The van der Waals surface area contributed by atoms with Crippen LogP contribution in [0.5, 0.6) is 0 Å². The lowest BCUT2D eigenvalue weighted by atomic mass is 10.1. The van der Waals surface area contributed by atoms with Gasteiger partial charge < -0.3 is 0 Å². The van der Waals surface area contributed by atoms with E-state index in [0.29, 0.717) is 12.8 Å². The van der Waals surface area contributed by atoms with Gasteiger partial charge in [0, 0.05) is 24.0 Å². The summed E-state index contributed by atoms with van der Waals surface area (Å²) < 4.78 is 0.